The van der Waals surface area contributed by atoms with Crippen molar-refractivity contribution in [1.29, 1.82) is 0 Å². The summed E-state index contributed by atoms with van der Waals surface area (Å²) >= 11 is 1.57. The lowest BCUT2D eigenvalue weighted by atomic mass is 10.3. The van der Waals surface area contributed by atoms with Gasteiger partial charge in [-0.15, -0.1) is 11.8 Å². The summed E-state index contributed by atoms with van der Waals surface area (Å²) in [5.41, 5.74) is 0.885. The highest BCUT2D eigenvalue weighted by atomic mass is 32.2. The Hall–Kier alpha value is -1.56. The molecular formula is C12H15N3O2S. The van der Waals surface area contributed by atoms with Gasteiger partial charge in [-0.05, 0) is 12.1 Å². The molecule has 0 radical (unpaired) electrons. The van der Waals surface area contributed by atoms with Crippen molar-refractivity contribution in [2.45, 2.75) is 12.3 Å². The fourth-order valence-electron chi connectivity index (χ4n) is 1.82. The van der Waals surface area contributed by atoms with E-state index in [9.17, 15) is 9.59 Å². The van der Waals surface area contributed by atoms with E-state index in [1.165, 1.54) is 6.92 Å². The summed E-state index contributed by atoms with van der Waals surface area (Å²) in [4.78, 5) is 28.7. The molecular weight excluding hydrogens is 250 g/mol. The normalized spacial score (nSPS) is 19.1. The molecule has 1 saturated heterocycles. The molecule has 1 unspecified atom stereocenters. The van der Waals surface area contributed by atoms with Gasteiger partial charge in [0.25, 0.3) is 0 Å². The summed E-state index contributed by atoms with van der Waals surface area (Å²) in [6.07, 6.45) is 1.73. The van der Waals surface area contributed by atoms with Crippen LogP contribution in [0.4, 0.5) is 0 Å². The molecule has 0 aromatic carbocycles. The molecule has 6 heteroatoms. The van der Waals surface area contributed by atoms with Gasteiger partial charge in [-0.3, -0.25) is 14.6 Å². The first-order chi connectivity index (χ1) is 8.68. The van der Waals surface area contributed by atoms with Crippen LogP contribution in [0.15, 0.2) is 24.4 Å². The SMILES string of the molecule is CC(=O)NCCN1C(=O)CSC1c1ccccn1. The molecule has 1 atom stereocenters. The molecule has 1 fully saturated rings. The van der Waals surface area contributed by atoms with E-state index in [1.54, 1.807) is 22.9 Å². The van der Waals surface area contributed by atoms with Gasteiger partial charge in [0.15, 0.2) is 0 Å². The number of hydrogen-bond acceptors (Lipinski definition) is 4. The van der Waals surface area contributed by atoms with Gasteiger partial charge in [0.05, 0.1) is 11.4 Å². The topological polar surface area (TPSA) is 62.3 Å². The Morgan fingerprint density at radius 3 is 3.11 bits per heavy atom. The molecule has 2 rings (SSSR count). The van der Waals surface area contributed by atoms with Crippen molar-refractivity contribution in [2.75, 3.05) is 18.8 Å². The van der Waals surface area contributed by atoms with Gasteiger partial charge in [-0.25, -0.2) is 0 Å². The lowest BCUT2D eigenvalue weighted by molar-refractivity contribution is -0.128. The van der Waals surface area contributed by atoms with Crippen LogP contribution in [0.3, 0.4) is 0 Å². The van der Waals surface area contributed by atoms with Crippen LogP contribution >= 0.6 is 11.8 Å². The van der Waals surface area contributed by atoms with Crippen molar-refractivity contribution in [1.82, 2.24) is 15.2 Å². The standard InChI is InChI=1S/C12H15N3O2S/c1-9(16)13-6-7-15-11(17)8-18-12(15)10-4-2-3-5-14-10/h2-5,12H,6-8H2,1H3,(H,13,16). The molecule has 18 heavy (non-hydrogen) atoms. The van der Waals surface area contributed by atoms with Gasteiger partial charge < -0.3 is 10.2 Å². The lowest BCUT2D eigenvalue weighted by Crippen LogP contribution is -2.36. The third-order valence-corrected chi connectivity index (χ3v) is 3.86. The van der Waals surface area contributed by atoms with E-state index in [2.05, 4.69) is 10.3 Å². The van der Waals surface area contributed by atoms with Gasteiger partial charge >= 0.3 is 0 Å². The molecule has 1 N–H and O–H groups in total. The maximum atomic E-state index is 11.8. The summed E-state index contributed by atoms with van der Waals surface area (Å²) in [6.45, 7) is 2.47. The number of carbonyl (C=O) groups excluding carboxylic acids is 2. The second kappa shape index (κ2) is 5.86. The smallest absolute Gasteiger partial charge is 0.233 e. The predicted octanol–water partition coefficient (Wildman–Crippen LogP) is 0.792. The fraction of sp³-hybridized carbons (Fsp3) is 0.417. The first kappa shape index (κ1) is 12.9. The molecule has 96 valence electrons. The third kappa shape index (κ3) is 3.01. The van der Waals surface area contributed by atoms with Crippen LogP contribution in [0.5, 0.6) is 0 Å². The first-order valence-electron chi connectivity index (χ1n) is 5.75. The zero-order valence-electron chi connectivity index (χ0n) is 10.1. The minimum absolute atomic E-state index is 0.0348. The minimum Gasteiger partial charge on any atom is -0.355 e. The van der Waals surface area contributed by atoms with E-state index in [0.29, 0.717) is 18.8 Å². The van der Waals surface area contributed by atoms with E-state index in [4.69, 9.17) is 0 Å². The number of pyridine rings is 1. The van der Waals surface area contributed by atoms with Crippen LogP contribution in [0.25, 0.3) is 0 Å². The summed E-state index contributed by atoms with van der Waals surface area (Å²) in [6, 6.07) is 5.69. The van der Waals surface area contributed by atoms with Crippen molar-refractivity contribution in [3.05, 3.63) is 30.1 Å². The molecule has 2 amide bonds. The second-order valence-electron chi connectivity index (χ2n) is 3.99. The van der Waals surface area contributed by atoms with Crippen molar-refractivity contribution in [3.8, 4) is 0 Å². The molecule has 2 heterocycles. The van der Waals surface area contributed by atoms with Crippen LogP contribution in [0.2, 0.25) is 0 Å². The molecule has 0 saturated carbocycles. The summed E-state index contributed by atoms with van der Waals surface area (Å²) in [5.74, 6) is 0.492. The molecule has 0 spiro atoms. The molecule has 1 aromatic rings. The van der Waals surface area contributed by atoms with E-state index >= 15 is 0 Å². The molecule has 1 aliphatic heterocycles. The van der Waals surface area contributed by atoms with E-state index in [0.717, 1.165) is 5.69 Å². The van der Waals surface area contributed by atoms with Crippen LogP contribution in [-0.4, -0.2) is 40.5 Å². The van der Waals surface area contributed by atoms with Crippen LogP contribution in [0.1, 0.15) is 18.0 Å². The van der Waals surface area contributed by atoms with E-state index < -0.39 is 0 Å². The fourth-order valence-corrected chi connectivity index (χ4v) is 2.99. The Labute approximate surface area is 110 Å². The molecule has 0 bridgehead atoms. The van der Waals surface area contributed by atoms with Gasteiger partial charge in [0, 0.05) is 26.2 Å². The first-order valence-corrected chi connectivity index (χ1v) is 6.80. The molecule has 1 aliphatic rings. The van der Waals surface area contributed by atoms with E-state index in [1.807, 2.05) is 18.2 Å². The van der Waals surface area contributed by atoms with Crippen LogP contribution < -0.4 is 5.32 Å². The van der Waals surface area contributed by atoms with Gasteiger partial charge in [-0.2, -0.15) is 0 Å². The summed E-state index contributed by atoms with van der Waals surface area (Å²) < 4.78 is 0. The average Bonchev–Trinajstić information content (AvgIpc) is 2.72. The van der Waals surface area contributed by atoms with Gasteiger partial charge in [0.1, 0.15) is 5.37 Å². The molecule has 1 aromatic heterocycles. The Kier molecular flexibility index (Phi) is 4.19. The average molecular weight is 265 g/mol. The largest absolute Gasteiger partial charge is 0.355 e. The van der Waals surface area contributed by atoms with Crippen molar-refractivity contribution >= 4 is 23.6 Å². The number of nitrogens with one attached hydrogen (secondary N) is 1. The van der Waals surface area contributed by atoms with Gasteiger partial charge in [-0.1, -0.05) is 6.07 Å². The highest BCUT2D eigenvalue weighted by molar-refractivity contribution is 8.00. The molecule has 0 aliphatic carbocycles. The minimum atomic E-state index is -0.0799. The second-order valence-corrected chi connectivity index (χ2v) is 5.06. The van der Waals surface area contributed by atoms with Gasteiger partial charge in [0.2, 0.25) is 11.8 Å². The van der Waals surface area contributed by atoms with E-state index in [-0.39, 0.29) is 17.2 Å². The number of aromatic nitrogens is 1. The zero-order valence-corrected chi connectivity index (χ0v) is 10.9. The lowest BCUT2D eigenvalue weighted by Gasteiger charge is -2.23. The Morgan fingerprint density at radius 2 is 2.44 bits per heavy atom. The van der Waals surface area contributed by atoms with Crippen molar-refractivity contribution < 1.29 is 9.59 Å². The predicted molar refractivity (Wildman–Crippen MR) is 69.8 cm³/mol. The number of nitrogens with zero attached hydrogens (tertiary/aromatic N) is 2. The number of amides is 2. The Morgan fingerprint density at radius 1 is 1.61 bits per heavy atom. The number of hydrogen-bond donors (Lipinski definition) is 1. The maximum absolute atomic E-state index is 11.8. The summed E-state index contributed by atoms with van der Waals surface area (Å²) in [5, 5.41) is 2.67. The monoisotopic (exact) mass is 265 g/mol. The third-order valence-electron chi connectivity index (χ3n) is 2.64. The Balaban J connectivity index is 2.01. The number of rotatable bonds is 4. The highest BCUT2D eigenvalue weighted by Gasteiger charge is 2.33. The quantitative estimate of drug-likeness (QED) is 0.874. The Bertz CT molecular complexity index is 438. The molecule has 5 nitrogen and oxygen atoms in total. The maximum Gasteiger partial charge on any atom is 0.233 e. The van der Waals surface area contributed by atoms with Crippen LogP contribution in [-0.2, 0) is 9.59 Å². The highest BCUT2D eigenvalue weighted by Crippen LogP contribution is 2.36. The number of carbonyl (C=O) groups is 2. The summed E-state index contributed by atoms with van der Waals surface area (Å²) in [7, 11) is 0. The number of thioether (sulfide) groups is 1. The van der Waals surface area contributed by atoms with Crippen LogP contribution in [0, 0.1) is 0 Å². The van der Waals surface area contributed by atoms with Crippen molar-refractivity contribution in [2.24, 2.45) is 0 Å². The van der Waals surface area contributed by atoms with Crippen molar-refractivity contribution in [3.63, 3.8) is 0 Å². The zero-order chi connectivity index (χ0) is 13.0.